The maximum atomic E-state index is 6.30. The molecular formula is C35H43N7. The Labute approximate surface area is 249 Å². The number of nitrogens with two attached hydrogens (primary N) is 3. The molecule has 0 atom stereocenters. The number of pyridine rings is 4. The molecule has 0 unspecified atom stereocenters. The minimum atomic E-state index is -0.990. The SMILES string of the molecule is Cc1cc(C(C)(C)c2ccc(C(C)(C)N)nc2)c2ccc3c(C(C)(C)c4ccc(C(C)(N)N)nc4)cc(C)nc3c2n1. The van der Waals surface area contributed by atoms with Crippen molar-refractivity contribution in [1.82, 2.24) is 19.9 Å². The van der Waals surface area contributed by atoms with Crippen LogP contribution in [-0.4, -0.2) is 19.9 Å². The van der Waals surface area contributed by atoms with Crippen molar-refractivity contribution in [2.75, 3.05) is 0 Å². The third-order valence-electron chi connectivity index (χ3n) is 8.54. The number of rotatable bonds is 6. The summed E-state index contributed by atoms with van der Waals surface area (Å²) in [5.41, 5.74) is 26.0. The maximum Gasteiger partial charge on any atom is 0.104 e. The molecule has 0 aliphatic rings. The van der Waals surface area contributed by atoms with Crippen LogP contribution in [0.1, 0.15) is 93.5 Å². The Morgan fingerprint density at radius 1 is 0.548 bits per heavy atom. The van der Waals surface area contributed by atoms with Crippen molar-refractivity contribution in [1.29, 1.82) is 0 Å². The van der Waals surface area contributed by atoms with E-state index in [2.05, 4.69) is 69.1 Å². The van der Waals surface area contributed by atoms with E-state index < -0.39 is 11.2 Å². The standard InChI is InChI=1S/C35H43N7/c1-20-16-26(32(3,4)22-10-14-28(39-18-22)34(7,8)36)24-12-13-25-27(17-21(2)42-31(25)30(24)41-20)33(5,6)23-11-15-29(40-19-23)35(9,37)38/h10-19H,36-38H2,1-9H3. The Kier molecular flexibility index (Phi) is 7.00. The Morgan fingerprint density at radius 2 is 0.952 bits per heavy atom. The highest BCUT2D eigenvalue weighted by Crippen LogP contribution is 2.41. The number of benzene rings is 1. The molecule has 0 aliphatic heterocycles. The molecule has 6 N–H and O–H groups in total. The van der Waals surface area contributed by atoms with Gasteiger partial charge < -0.3 is 17.2 Å². The van der Waals surface area contributed by atoms with Crippen LogP contribution in [0.4, 0.5) is 0 Å². The van der Waals surface area contributed by atoms with E-state index in [-0.39, 0.29) is 10.8 Å². The zero-order chi connectivity index (χ0) is 30.8. The summed E-state index contributed by atoms with van der Waals surface area (Å²) < 4.78 is 0. The summed E-state index contributed by atoms with van der Waals surface area (Å²) >= 11 is 0. The number of aryl methyl sites for hydroxylation is 2. The van der Waals surface area contributed by atoms with Gasteiger partial charge in [-0.05, 0) is 81.1 Å². The van der Waals surface area contributed by atoms with Gasteiger partial charge in [0, 0.05) is 45.4 Å². The molecule has 5 aromatic rings. The summed E-state index contributed by atoms with van der Waals surface area (Å²) in [6, 6.07) is 16.9. The van der Waals surface area contributed by atoms with E-state index in [0.717, 1.165) is 55.6 Å². The van der Waals surface area contributed by atoms with Crippen molar-refractivity contribution in [3.05, 3.63) is 106 Å². The Balaban J connectivity index is 1.69. The van der Waals surface area contributed by atoms with Gasteiger partial charge in [0.2, 0.25) is 0 Å². The van der Waals surface area contributed by atoms with Crippen LogP contribution in [-0.2, 0) is 22.0 Å². The van der Waals surface area contributed by atoms with E-state index in [1.165, 1.54) is 5.56 Å². The lowest BCUT2D eigenvalue weighted by Crippen LogP contribution is -2.43. The van der Waals surface area contributed by atoms with Gasteiger partial charge in [-0.15, -0.1) is 0 Å². The van der Waals surface area contributed by atoms with Crippen LogP contribution in [0, 0.1) is 13.8 Å². The van der Waals surface area contributed by atoms with Gasteiger partial charge in [-0.2, -0.15) is 0 Å². The molecule has 0 fully saturated rings. The maximum absolute atomic E-state index is 6.30. The van der Waals surface area contributed by atoms with Gasteiger partial charge in [0.15, 0.2) is 0 Å². The second kappa shape index (κ2) is 9.90. The molecule has 0 radical (unpaired) electrons. The van der Waals surface area contributed by atoms with Crippen LogP contribution in [0.15, 0.2) is 60.9 Å². The van der Waals surface area contributed by atoms with Gasteiger partial charge in [0.25, 0.3) is 0 Å². The topological polar surface area (TPSA) is 130 Å². The van der Waals surface area contributed by atoms with Crippen LogP contribution < -0.4 is 17.2 Å². The van der Waals surface area contributed by atoms with E-state index in [0.29, 0.717) is 5.69 Å². The summed E-state index contributed by atoms with van der Waals surface area (Å²) in [6.07, 6.45) is 3.83. The molecular weight excluding hydrogens is 518 g/mol. The van der Waals surface area contributed by atoms with Gasteiger partial charge in [0.05, 0.1) is 28.0 Å². The molecule has 5 rings (SSSR count). The van der Waals surface area contributed by atoms with Crippen LogP contribution in [0.3, 0.4) is 0 Å². The van der Waals surface area contributed by atoms with Crippen molar-refractivity contribution >= 4 is 21.8 Å². The fourth-order valence-corrected chi connectivity index (χ4v) is 5.80. The van der Waals surface area contributed by atoms with E-state index in [9.17, 15) is 0 Å². The molecule has 0 saturated heterocycles. The van der Waals surface area contributed by atoms with E-state index >= 15 is 0 Å². The summed E-state index contributed by atoms with van der Waals surface area (Å²) in [5.74, 6) is 0. The Morgan fingerprint density at radius 3 is 1.29 bits per heavy atom. The summed E-state index contributed by atoms with van der Waals surface area (Å²) in [6.45, 7) is 18.7. The van der Waals surface area contributed by atoms with Crippen molar-refractivity contribution in [3.63, 3.8) is 0 Å². The molecule has 4 aromatic heterocycles. The van der Waals surface area contributed by atoms with Gasteiger partial charge >= 0.3 is 0 Å². The molecule has 218 valence electrons. The zero-order valence-electron chi connectivity index (χ0n) is 26.3. The van der Waals surface area contributed by atoms with Crippen molar-refractivity contribution in [2.24, 2.45) is 17.2 Å². The van der Waals surface area contributed by atoms with Crippen molar-refractivity contribution < 1.29 is 0 Å². The van der Waals surface area contributed by atoms with Gasteiger partial charge in [-0.25, -0.2) is 0 Å². The van der Waals surface area contributed by atoms with Crippen LogP contribution in [0.2, 0.25) is 0 Å². The predicted octanol–water partition coefficient (Wildman–Crippen LogP) is 6.13. The molecule has 4 heterocycles. The van der Waals surface area contributed by atoms with Gasteiger partial charge in [0.1, 0.15) is 5.66 Å². The molecule has 42 heavy (non-hydrogen) atoms. The fourth-order valence-electron chi connectivity index (χ4n) is 5.80. The molecule has 1 aromatic carbocycles. The van der Waals surface area contributed by atoms with E-state index in [1.54, 1.807) is 6.92 Å². The first kappa shape index (κ1) is 29.7. The van der Waals surface area contributed by atoms with E-state index in [1.807, 2.05) is 52.2 Å². The first-order chi connectivity index (χ1) is 19.4. The van der Waals surface area contributed by atoms with Crippen LogP contribution in [0.25, 0.3) is 21.8 Å². The molecule has 0 bridgehead atoms. The fraction of sp³-hybridized carbons (Fsp3) is 0.371. The Hall–Kier alpha value is -3.78. The van der Waals surface area contributed by atoms with Crippen molar-refractivity contribution in [3.8, 4) is 0 Å². The van der Waals surface area contributed by atoms with Gasteiger partial charge in [-0.1, -0.05) is 52.0 Å². The van der Waals surface area contributed by atoms with Crippen LogP contribution in [0.5, 0.6) is 0 Å². The highest BCUT2D eigenvalue weighted by molar-refractivity contribution is 6.06. The number of fused-ring (bicyclic) bond motifs is 3. The second-order valence-electron chi connectivity index (χ2n) is 13.6. The lowest BCUT2D eigenvalue weighted by Gasteiger charge is -2.30. The molecule has 7 heteroatoms. The number of hydrogen-bond donors (Lipinski definition) is 3. The quantitative estimate of drug-likeness (QED) is 0.168. The molecule has 7 nitrogen and oxygen atoms in total. The molecule has 0 spiro atoms. The summed E-state index contributed by atoms with van der Waals surface area (Å²) in [4.78, 5) is 19.4. The third kappa shape index (κ3) is 5.17. The normalized spacial score (nSPS) is 13.2. The molecule has 0 amide bonds. The lowest BCUT2D eigenvalue weighted by molar-refractivity contribution is 0.501. The average molecular weight is 562 g/mol. The first-order valence-corrected chi connectivity index (χ1v) is 14.4. The monoisotopic (exact) mass is 561 g/mol. The molecule has 0 aliphatic carbocycles. The smallest absolute Gasteiger partial charge is 0.104 e. The highest BCUT2D eigenvalue weighted by Gasteiger charge is 2.31. The Bertz CT molecular complexity index is 1650. The zero-order valence-corrected chi connectivity index (χ0v) is 26.3. The second-order valence-corrected chi connectivity index (χ2v) is 13.6. The minimum Gasteiger partial charge on any atom is -0.321 e. The predicted molar refractivity (Wildman–Crippen MR) is 172 cm³/mol. The minimum absolute atomic E-state index is 0.330. The average Bonchev–Trinajstić information content (AvgIpc) is 2.91. The largest absolute Gasteiger partial charge is 0.321 e. The van der Waals surface area contributed by atoms with E-state index in [4.69, 9.17) is 32.2 Å². The number of hydrogen-bond acceptors (Lipinski definition) is 7. The van der Waals surface area contributed by atoms with Crippen molar-refractivity contribution in [2.45, 2.75) is 84.3 Å². The van der Waals surface area contributed by atoms with Gasteiger partial charge in [-0.3, -0.25) is 19.9 Å². The first-order valence-electron chi connectivity index (χ1n) is 14.4. The molecule has 0 saturated carbocycles. The number of nitrogens with zero attached hydrogens (tertiary/aromatic N) is 4. The van der Waals surface area contributed by atoms with Crippen LogP contribution >= 0.6 is 0 Å². The lowest BCUT2D eigenvalue weighted by atomic mass is 9.75. The highest BCUT2D eigenvalue weighted by atomic mass is 15.0. The summed E-state index contributed by atoms with van der Waals surface area (Å²) in [5, 5.41) is 2.15. The number of aromatic nitrogens is 4. The third-order valence-corrected chi connectivity index (χ3v) is 8.54. The summed E-state index contributed by atoms with van der Waals surface area (Å²) in [7, 11) is 0.